The minimum absolute atomic E-state index is 0.0147. The van der Waals surface area contributed by atoms with Crippen molar-refractivity contribution in [2.45, 2.75) is 12.5 Å². The largest absolute Gasteiger partial charge is 0.393 e. The lowest BCUT2D eigenvalue weighted by molar-refractivity contribution is -0.384. The van der Waals surface area contributed by atoms with E-state index in [1.54, 1.807) is 12.1 Å². The summed E-state index contributed by atoms with van der Waals surface area (Å²) in [5.74, 6) is 0. The van der Waals surface area contributed by atoms with Gasteiger partial charge in [-0.05, 0) is 19.1 Å². The van der Waals surface area contributed by atoms with E-state index >= 15 is 0 Å². The third-order valence-electron chi connectivity index (χ3n) is 2.16. The minimum Gasteiger partial charge on any atom is -0.393 e. The fraction of sp³-hybridized carbons (Fsp3) is 0.400. The second kappa shape index (κ2) is 5.44. The van der Waals surface area contributed by atoms with Crippen LogP contribution in [0.5, 0.6) is 0 Å². The molecule has 0 aromatic heterocycles. The first kappa shape index (κ1) is 13.9. The number of nitrogens with one attached hydrogen (secondary N) is 1. The van der Waals surface area contributed by atoms with Crippen molar-refractivity contribution >= 4 is 27.3 Å². The van der Waals surface area contributed by atoms with E-state index in [-0.39, 0.29) is 17.9 Å². The topological polar surface area (TPSA) is 95.6 Å². The number of hydrogen-bond donors (Lipinski definition) is 3. The maximum Gasteiger partial charge on any atom is 0.292 e. The third-order valence-corrected chi connectivity index (χ3v) is 2.65. The number of nitrogens with zero attached hydrogens (tertiary/aromatic N) is 1. The number of nitro benzene ring substituents is 1. The monoisotopic (exact) mass is 304 g/mol. The van der Waals surface area contributed by atoms with Crippen LogP contribution in [0, 0.1) is 10.1 Å². The van der Waals surface area contributed by atoms with Gasteiger partial charge in [0.1, 0.15) is 11.3 Å². The molecular formula is C10H13BrN2O4. The highest BCUT2D eigenvalue weighted by molar-refractivity contribution is 9.10. The van der Waals surface area contributed by atoms with Gasteiger partial charge in [0.05, 0.1) is 11.5 Å². The van der Waals surface area contributed by atoms with Gasteiger partial charge in [0.15, 0.2) is 0 Å². The van der Waals surface area contributed by atoms with E-state index in [2.05, 4.69) is 21.2 Å². The average Bonchev–Trinajstić information content (AvgIpc) is 2.26. The smallest absolute Gasteiger partial charge is 0.292 e. The molecule has 1 aromatic carbocycles. The molecule has 0 aliphatic carbocycles. The van der Waals surface area contributed by atoms with Crippen molar-refractivity contribution in [1.29, 1.82) is 0 Å². The van der Waals surface area contributed by atoms with Crippen molar-refractivity contribution in [1.82, 2.24) is 0 Å². The molecule has 0 saturated heterocycles. The molecule has 0 radical (unpaired) electrons. The number of aliphatic hydroxyl groups excluding tert-OH is 1. The first-order valence-corrected chi connectivity index (χ1v) is 5.66. The molecule has 1 atom stereocenters. The van der Waals surface area contributed by atoms with E-state index in [9.17, 15) is 15.2 Å². The van der Waals surface area contributed by atoms with Crippen molar-refractivity contribution in [3.63, 3.8) is 0 Å². The average molecular weight is 305 g/mol. The SMILES string of the molecule is CC(O)(CO)CNc1cc(Br)ccc1[N+](=O)[O-]. The molecular weight excluding hydrogens is 292 g/mol. The van der Waals surface area contributed by atoms with Gasteiger partial charge in [-0.15, -0.1) is 0 Å². The number of rotatable bonds is 5. The second-order valence-corrected chi connectivity index (χ2v) is 4.84. The maximum absolute atomic E-state index is 10.8. The maximum atomic E-state index is 10.8. The van der Waals surface area contributed by atoms with Crippen molar-refractivity contribution in [2.75, 3.05) is 18.5 Å². The highest BCUT2D eigenvalue weighted by atomic mass is 79.9. The zero-order valence-electron chi connectivity index (χ0n) is 9.18. The van der Waals surface area contributed by atoms with Gasteiger partial charge in [-0.25, -0.2) is 0 Å². The molecule has 0 fully saturated rings. The van der Waals surface area contributed by atoms with Crippen LogP contribution in [0.4, 0.5) is 11.4 Å². The summed E-state index contributed by atoms with van der Waals surface area (Å²) in [4.78, 5) is 10.3. The summed E-state index contributed by atoms with van der Waals surface area (Å²) >= 11 is 3.21. The molecule has 1 unspecified atom stereocenters. The Morgan fingerprint density at radius 1 is 1.59 bits per heavy atom. The predicted molar refractivity (Wildman–Crippen MR) is 67.0 cm³/mol. The zero-order chi connectivity index (χ0) is 13.1. The summed E-state index contributed by atoms with van der Waals surface area (Å²) in [7, 11) is 0. The van der Waals surface area contributed by atoms with Gasteiger partial charge >= 0.3 is 0 Å². The molecule has 17 heavy (non-hydrogen) atoms. The lowest BCUT2D eigenvalue weighted by atomic mass is 10.1. The Kier molecular flexibility index (Phi) is 4.44. The van der Waals surface area contributed by atoms with Crippen LogP contribution in [-0.2, 0) is 0 Å². The quantitative estimate of drug-likeness (QED) is 0.566. The van der Waals surface area contributed by atoms with Gasteiger partial charge in [0.25, 0.3) is 5.69 Å². The van der Waals surface area contributed by atoms with E-state index in [0.29, 0.717) is 4.47 Å². The minimum atomic E-state index is -1.32. The third kappa shape index (κ3) is 3.95. The predicted octanol–water partition coefficient (Wildman–Crippen LogP) is 1.51. The first-order chi connectivity index (χ1) is 7.85. The Morgan fingerprint density at radius 3 is 2.76 bits per heavy atom. The molecule has 0 bridgehead atoms. The van der Waals surface area contributed by atoms with E-state index in [4.69, 9.17) is 5.11 Å². The number of aliphatic hydroxyl groups is 2. The Hall–Kier alpha value is -1.18. The van der Waals surface area contributed by atoms with Crippen LogP contribution in [-0.4, -0.2) is 33.9 Å². The molecule has 94 valence electrons. The molecule has 0 aliphatic heterocycles. The summed E-state index contributed by atoms with van der Waals surface area (Å²) in [5, 5.41) is 32.0. The Balaban J connectivity index is 2.89. The van der Waals surface area contributed by atoms with Gasteiger partial charge in [0, 0.05) is 17.1 Å². The van der Waals surface area contributed by atoms with Gasteiger partial charge in [-0.1, -0.05) is 15.9 Å². The van der Waals surface area contributed by atoms with Crippen molar-refractivity contribution < 1.29 is 15.1 Å². The molecule has 0 saturated carbocycles. The van der Waals surface area contributed by atoms with Crippen LogP contribution in [0.15, 0.2) is 22.7 Å². The molecule has 6 nitrogen and oxygen atoms in total. The Labute approximate surface area is 107 Å². The number of benzene rings is 1. The standard InChI is InChI=1S/C10H13BrN2O4/c1-10(15,6-14)5-12-8-4-7(11)2-3-9(8)13(16)17/h2-4,12,14-15H,5-6H2,1H3. The van der Waals surface area contributed by atoms with Crippen molar-refractivity contribution in [3.05, 3.63) is 32.8 Å². The summed E-state index contributed by atoms with van der Waals surface area (Å²) in [5.41, 5.74) is -1.11. The van der Waals surface area contributed by atoms with Gasteiger partial charge in [0.2, 0.25) is 0 Å². The number of halogens is 1. The second-order valence-electron chi connectivity index (χ2n) is 3.93. The van der Waals surface area contributed by atoms with E-state index in [1.165, 1.54) is 13.0 Å². The zero-order valence-corrected chi connectivity index (χ0v) is 10.8. The van der Waals surface area contributed by atoms with Crippen LogP contribution < -0.4 is 5.32 Å². The van der Waals surface area contributed by atoms with Gasteiger partial charge in [-0.2, -0.15) is 0 Å². The van der Waals surface area contributed by atoms with Crippen molar-refractivity contribution in [3.8, 4) is 0 Å². The normalized spacial score (nSPS) is 14.1. The fourth-order valence-electron chi connectivity index (χ4n) is 1.15. The molecule has 0 aliphatic rings. The molecule has 7 heteroatoms. The summed E-state index contributed by atoms with van der Waals surface area (Å²) in [6, 6.07) is 4.47. The number of anilines is 1. The number of nitro groups is 1. The molecule has 1 aromatic rings. The van der Waals surface area contributed by atoms with E-state index < -0.39 is 17.1 Å². The first-order valence-electron chi connectivity index (χ1n) is 4.87. The lowest BCUT2D eigenvalue weighted by Crippen LogP contribution is -2.37. The molecule has 1 rings (SSSR count). The van der Waals surface area contributed by atoms with Crippen LogP contribution in [0.2, 0.25) is 0 Å². The molecule has 0 amide bonds. The highest BCUT2D eigenvalue weighted by Gasteiger charge is 2.21. The summed E-state index contributed by atoms with van der Waals surface area (Å²) in [6.45, 7) is 1.02. The lowest BCUT2D eigenvalue weighted by Gasteiger charge is -2.21. The van der Waals surface area contributed by atoms with E-state index in [0.717, 1.165) is 0 Å². The molecule has 0 heterocycles. The summed E-state index contributed by atoms with van der Waals surface area (Å²) in [6.07, 6.45) is 0. The highest BCUT2D eigenvalue weighted by Crippen LogP contribution is 2.28. The molecule has 3 N–H and O–H groups in total. The van der Waals surface area contributed by atoms with Gasteiger partial charge in [-0.3, -0.25) is 10.1 Å². The van der Waals surface area contributed by atoms with Crippen LogP contribution in [0.25, 0.3) is 0 Å². The Bertz CT molecular complexity index is 423. The van der Waals surface area contributed by atoms with Gasteiger partial charge < -0.3 is 15.5 Å². The summed E-state index contributed by atoms with van der Waals surface area (Å²) < 4.78 is 0.689. The number of hydrogen-bond acceptors (Lipinski definition) is 5. The van der Waals surface area contributed by atoms with Crippen LogP contribution in [0.3, 0.4) is 0 Å². The Morgan fingerprint density at radius 2 is 2.24 bits per heavy atom. The molecule has 0 spiro atoms. The van der Waals surface area contributed by atoms with Crippen LogP contribution in [0.1, 0.15) is 6.92 Å². The van der Waals surface area contributed by atoms with Crippen molar-refractivity contribution in [2.24, 2.45) is 0 Å². The van der Waals surface area contributed by atoms with E-state index in [1.807, 2.05) is 0 Å². The fourth-order valence-corrected chi connectivity index (χ4v) is 1.51. The van der Waals surface area contributed by atoms with Crippen LogP contribution >= 0.6 is 15.9 Å².